The van der Waals surface area contributed by atoms with Crippen molar-refractivity contribution in [1.82, 2.24) is 14.3 Å². The first kappa shape index (κ1) is 16.5. The zero-order valence-electron chi connectivity index (χ0n) is 12.3. The molecule has 0 amide bonds. The van der Waals surface area contributed by atoms with Gasteiger partial charge in [-0.15, -0.1) is 0 Å². The van der Waals surface area contributed by atoms with Crippen LogP contribution >= 0.6 is 11.8 Å². The van der Waals surface area contributed by atoms with Gasteiger partial charge in [0.15, 0.2) is 0 Å². The Bertz CT molecular complexity index is 383. The topological polar surface area (TPSA) is 61.4 Å². The van der Waals surface area contributed by atoms with Crippen LogP contribution in [0.3, 0.4) is 0 Å². The molecular weight excluding hydrogens is 294 g/mol. The molecule has 0 aliphatic carbocycles. The Morgan fingerprint density at radius 3 is 2.70 bits per heavy atom. The van der Waals surface area contributed by atoms with Gasteiger partial charge in [-0.25, -0.2) is 0 Å². The van der Waals surface area contributed by atoms with E-state index < -0.39 is 10.2 Å². The normalized spacial score (nSPS) is 26.8. The smallest absolute Gasteiger partial charge is 0.279 e. The molecule has 118 valence electrons. The van der Waals surface area contributed by atoms with Gasteiger partial charge in [-0.3, -0.25) is 0 Å². The fraction of sp³-hybridized carbons (Fsp3) is 1.00. The van der Waals surface area contributed by atoms with Gasteiger partial charge in [0.1, 0.15) is 0 Å². The van der Waals surface area contributed by atoms with Crippen LogP contribution in [0.1, 0.15) is 32.6 Å². The van der Waals surface area contributed by atoms with Crippen molar-refractivity contribution >= 4 is 22.0 Å². The van der Waals surface area contributed by atoms with Crippen LogP contribution in [0.15, 0.2) is 0 Å². The zero-order valence-corrected chi connectivity index (χ0v) is 13.9. The summed E-state index contributed by atoms with van der Waals surface area (Å²) in [7, 11) is -3.29. The molecule has 2 N–H and O–H groups in total. The minimum absolute atomic E-state index is 0.135. The Kier molecular flexibility index (Phi) is 6.61. The lowest BCUT2D eigenvalue weighted by atomic mass is 10.00. The average Bonchev–Trinajstić information content (AvgIpc) is 2.46. The molecule has 2 heterocycles. The third kappa shape index (κ3) is 4.87. The SMILES string of the molecule is CCNCC1CCCN(S(=O)(=O)NC2CCSCC2)C1. The molecule has 20 heavy (non-hydrogen) atoms. The number of piperidine rings is 1. The second kappa shape index (κ2) is 7.98. The average molecular weight is 322 g/mol. The molecule has 0 aromatic heterocycles. The van der Waals surface area contributed by atoms with E-state index >= 15 is 0 Å². The maximum absolute atomic E-state index is 12.5. The van der Waals surface area contributed by atoms with Crippen LogP contribution in [0.25, 0.3) is 0 Å². The predicted octanol–water partition coefficient (Wildman–Crippen LogP) is 1.04. The Balaban J connectivity index is 1.87. The van der Waals surface area contributed by atoms with E-state index in [1.807, 2.05) is 11.8 Å². The summed E-state index contributed by atoms with van der Waals surface area (Å²) >= 11 is 1.91. The zero-order chi connectivity index (χ0) is 14.4. The fourth-order valence-corrected chi connectivity index (χ4v) is 5.55. The van der Waals surface area contributed by atoms with Crippen LogP contribution in [0.5, 0.6) is 0 Å². The second-order valence-corrected chi connectivity index (χ2v) is 8.61. The molecule has 2 fully saturated rings. The molecule has 0 saturated carbocycles. The van der Waals surface area contributed by atoms with Gasteiger partial charge in [0, 0.05) is 19.1 Å². The van der Waals surface area contributed by atoms with E-state index in [-0.39, 0.29) is 6.04 Å². The van der Waals surface area contributed by atoms with E-state index in [0.717, 1.165) is 50.3 Å². The van der Waals surface area contributed by atoms with E-state index in [4.69, 9.17) is 0 Å². The Hall–Kier alpha value is 0.180. The van der Waals surface area contributed by atoms with Gasteiger partial charge in [0.25, 0.3) is 10.2 Å². The van der Waals surface area contributed by atoms with Crippen molar-refractivity contribution < 1.29 is 8.42 Å². The van der Waals surface area contributed by atoms with E-state index in [0.29, 0.717) is 19.0 Å². The highest BCUT2D eigenvalue weighted by Gasteiger charge is 2.30. The summed E-state index contributed by atoms with van der Waals surface area (Å²) in [6.07, 6.45) is 4.01. The third-order valence-corrected chi connectivity index (χ3v) is 6.73. The third-order valence-electron chi connectivity index (χ3n) is 4.04. The monoisotopic (exact) mass is 321 g/mol. The van der Waals surface area contributed by atoms with Crippen LogP contribution in [0.2, 0.25) is 0 Å². The molecule has 2 rings (SSSR count). The number of nitrogens with zero attached hydrogens (tertiary/aromatic N) is 1. The van der Waals surface area contributed by atoms with Crippen LogP contribution < -0.4 is 10.0 Å². The van der Waals surface area contributed by atoms with Crippen molar-refractivity contribution in [3.05, 3.63) is 0 Å². The van der Waals surface area contributed by atoms with Gasteiger partial charge in [0.05, 0.1) is 0 Å². The Morgan fingerprint density at radius 2 is 2.00 bits per heavy atom. The maximum Gasteiger partial charge on any atom is 0.279 e. The number of thioether (sulfide) groups is 1. The van der Waals surface area contributed by atoms with E-state index in [1.54, 1.807) is 4.31 Å². The summed E-state index contributed by atoms with van der Waals surface area (Å²) in [5, 5.41) is 3.33. The molecule has 2 aliphatic rings. The Labute approximate surface area is 127 Å². The number of nitrogens with one attached hydrogen (secondary N) is 2. The van der Waals surface area contributed by atoms with Crippen molar-refractivity contribution in [3.63, 3.8) is 0 Å². The molecule has 2 saturated heterocycles. The minimum Gasteiger partial charge on any atom is -0.317 e. The quantitative estimate of drug-likeness (QED) is 0.767. The Morgan fingerprint density at radius 1 is 1.25 bits per heavy atom. The molecule has 1 unspecified atom stereocenters. The molecular formula is C13H27N3O2S2. The lowest BCUT2D eigenvalue weighted by molar-refractivity contribution is 0.257. The molecule has 2 aliphatic heterocycles. The summed E-state index contributed by atoms with van der Waals surface area (Å²) in [4.78, 5) is 0. The standard InChI is InChI=1S/C13H27N3O2S2/c1-2-14-10-12-4-3-7-16(11-12)20(17,18)15-13-5-8-19-9-6-13/h12-15H,2-11H2,1H3. The number of rotatable bonds is 6. The van der Waals surface area contributed by atoms with Gasteiger partial charge >= 0.3 is 0 Å². The molecule has 0 radical (unpaired) electrons. The van der Waals surface area contributed by atoms with Gasteiger partial charge in [-0.2, -0.15) is 29.2 Å². The predicted molar refractivity (Wildman–Crippen MR) is 85.2 cm³/mol. The lowest BCUT2D eigenvalue weighted by Gasteiger charge is -2.33. The molecule has 0 aromatic rings. The van der Waals surface area contributed by atoms with Crippen LogP contribution in [-0.4, -0.2) is 56.4 Å². The van der Waals surface area contributed by atoms with Gasteiger partial charge < -0.3 is 5.32 Å². The first-order valence-corrected chi connectivity index (χ1v) is 10.3. The molecule has 0 aromatic carbocycles. The molecule has 1 atom stereocenters. The fourth-order valence-electron chi connectivity index (χ4n) is 2.86. The van der Waals surface area contributed by atoms with E-state index in [1.165, 1.54) is 0 Å². The van der Waals surface area contributed by atoms with Crippen molar-refractivity contribution in [1.29, 1.82) is 0 Å². The van der Waals surface area contributed by atoms with Crippen LogP contribution in [-0.2, 0) is 10.2 Å². The molecule has 0 bridgehead atoms. The van der Waals surface area contributed by atoms with Gasteiger partial charge in [0.2, 0.25) is 0 Å². The second-order valence-electron chi connectivity index (χ2n) is 5.68. The number of hydrogen-bond donors (Lipinski definition) is 2. The summed E-state index contributed by atoms with van der Waals surface area (Å²) in [5.74, 6) is 2.58. The first-order valence-electron chi connectivity index (χ1n) is 7.67. The van der Waals surface area contributed by atoms with Gasteiger partial charge in [-0.05, 0) is 56.2 Å². The van der Waals surface area contributed by atoms with Crippen molar-refractivity contribution in [2.45, 2.75) is 38.6 Å². The largest absolute Gasteiger partial charge is 0.317 e. The first-order chi connectivity index (χ1) is 9.62. The van der Waals surface area contributed by atoms with Crippen molar-refractivity contribution in [2.24, 2.45) is 5.92 Å². The lowest BCUT2D eigenvalue weighted by Crippen LogP contribution is -2.50. The highest BCUT2D eigenvalue weighted by atomic mass is 32.2. The van der Waals surface area contributed by atoms with Crippen LogP contribution in [0.4, 0.5) is 0 Å². The molecule has 7 heteroatoms. The molecule has 5 nitrogen and oxygen atoms in total. The minimum atomic E-state index is -3.29. The summed E-state index contributed by atoms with van der Waals surface area (Å²) in [5.41, 5.74) is 0. The summed E-state index contributed by atoms with van der Waals surface area (Å²) in [6.45, 7) is 5.27. The van der Waals surface area contributed by atoms with E-state index in [2.05, 4.69) is 17.0 Å². The highest BCUT2D eigenvalue weighted by molar-refractivity contribution is 7.99. The molecule has 0 spiro atoms. The van der Waals surface area contributed by atoms with Crippen molar-refractivity contribution in [3.8, 4) is 0 Å². The van der Waals surface area contributed by atoms with E-state index in [9.17, 15) is 8.42 Å². The summed E-state index contributed by atoms with van der Waals surface area (Å²) < 4.78 is 29.5. The van der Waals surface area contributed by atoms with Crippen LogP contribution in [0, 0.1) is 5.92 Å². The number of hydrogen-bond acceptors (Lipinski definition) is 4. The van der Waals surface area contributed by atoms with Crippen molar-refractivity contribution in [2.75, 3.05) is 37.7 Å². The van der Waals surface area contributed by atoms with Gasteiger partial charge in [-0.1, -0.05) is 6.92 Å². The maximum atomic E-state index is 12.5. The highest BCUT2D eigenvalue weighted by Crippen LogP contribution is 2.21. The summed E-state index contributed by atoms with van der Waals surface area (Å²) in [6, 6.07) is 0.135.